The molecule has 8 nitrogen and oxygen atoms in total. The summed E-state index contributed by atoms with van der Waals surface area (Å²) in [6.07, 6.45) is 3.24. The van der Waals surface area contributed by atoms with Crippen LogP contribution in [0.1, 0.15) is 24.5 Å². The minimum atomic E-state index is 0. The topological polar surface area (TPSA) is 79.6 Å². The molecule has 2 N–H and O–H groups in total. The van der Waals surface area contributed by atoms with Gasteiger partial charge >= 0.3 is 0 Å². The van der Waals surface area contributed by atoms with Crippen molar-refractivity contribution in [3.63, 3.8) is 0 Å². The summed E-state index contributed by atoms with van der Waals surface area (Å²) in [4.78, 5) is 6.73. The Morgan fingerprint density at radius 2 is 2.14 bits per heavy atom. The number of hydrogen-bond acceptors (Lipinski definition) is 5. The molecule has 0 spiro atoms. The molecule has 1 unspecified atom stereocenters. The summed E-state index contributed by atoms with van der Waals surface area (Å²) in [6.45, 7) is 3.56. The zero-order valence-corrected chi connectivity index (χ0v) is 18.7. The van der Waals surface area contributed by atoms with E-state index in [1.807, 2.05) is 12.1 Å². The van der Waals surface area contributed by atoms with E-state index in [9.17, 15) is 0 Å². The molecule has 2 aliphatic heterocycles. The standard InChI is InChI=1S/C19H27N7O.HI/c1-20-19(21-12-18-24-23-17-8-5-10-26(17)18)22-14-9-11-25(13-14)15-6-3-4-7-16(15)27-2;/h3-4,6-7,14H,5,8-13H2,1-2H3,(H2,20,21,22);1H. The van der Waals surface area contributed by atoms with Crippen molar-refractivity contribution in [1.82, 2.24) is 25.4 Å². The summed E-state index contributed by atoms with van der Waals surface area (Å²) in [5.41, 5.74) is 1.14. The van der Waals surface area contributed by atoms with Crippen LogP contribution in [0.15, 0.2) is 29.3 Å². The molecular formula is C19H28IN7O. The number of benzene rings is 1. The number of anilines is 1. The van der Waals surface area contributed by atoms with Crippen LogP contribution in [0.3, 0.4) is 0 Å². The number of ether oxygens (including phenoxy) is 1. The van der Waals surface area contributed by atoms with E-state index in [1.54, 1.807) is 14.2 Å². The molecule has 1 atom stereocenters. The Balaban J connectivity index is 0.00000225. The number of halogens is 1. The van der Waals surface area contributed by atoms with E-state index < -0.39 is 0 Å². The number of aromatic nitrogens is 3. The smallest absolute Gasteiger partial charge is 0.191 e. The van der Waals surface area contributed by atoms with Crippen LogP contribution in [0.4, 0.5) is 5.69 Å². The lowest BCUT2D eigenvalue weighted by atomic mass is 10.2. The highest BCUT2D eigenvalue weighted by Gasteiger charge is 2.25. The third-order valence-corrected chi connectivity index (χ3v) is 5.28. The zero-order chi connectivity index (χ0) is 18.6. The minimum Gasteiger partial charge on any atom is -0.495 e. The maximum absolute atomic E-state index is 5.50. The lowest BCUT2D eigenvalue weighted by molar-refractivity contribution is 0.415. The van der Waals surface area contributed by atoms with Crippen LogP contribution in [-0.2, 0) is 19.5 Å². The van der Waals surface area contributed by atoms with E-state index in [4.69, 9.17) is 4.74 Å². The molecule has 28 heavy (non-hydrogen) atoms. The van der Waals surface area contributed by atoms with E-state index in [2.05, 4.69) is 47.4 Å². The average molecular weight is 497 g/mol. The first-order valence-corrected chi connectivity index (χ1v) is 9.54. The number of aliphatic imine (C=N–C) groups is 1. The maximum atomic E-state index is 5.50. The third-order valence-electron chi connectivity index (χ3n) is 5.28. The molecule has 3 heterocycles. The van der Waals surface area contributed by atoms with E-state index in [1.165, 1.54) is 0 Å². The van der Waals surface area contributed by atoms with Crippen molar-refractivity contribution >= 4 is 35.6 Å². The molecule has 152 valence electrons. The quantitative estimate of drug-likeness (QED) is 0.373. The Hall–Kier alpha value is -2.04. The predicted molar refractivity (Wildman–Crippen MR) is 121 cm³/mol. The molecule has 9 heteroatoms. The van der Waals surface area contributed by atoms with Gasteiger partial charge in [0, 0.05) is 39.1 Å². The van der Waals surface area contributed by atoms with Gasteiger partial charge in [-0.2, -0.15) is 0 Å². The molecule has 0 radical (unpaired) electrons. The van der Waals surface area contributed by atoms with Crippen LogP contribution in [0.25, 0.3) is 0 Å². The molecule has 4 rings (SSSR count). The van der Waals surface area contributed by atoms with Crippen molar-refractivity contribution < 1.29 is 4.74 Å². The van der Waals surface area contributed by atoms with Gasteiger partial charge in [0.25, 0.3) is 0 Å². The van der Waals surface area contributed by atoms with Gasteiger partial charge in [-0.15, -0.1) is 34.2 Å². The fourth-order valence-electron chi connectivity index (χ4n) is 3.88. The lowest BCUT2D eigenvalue weighted by Gasteiger charge is -2.22. The molecule has 1 saturated heterocycles. The minimum absolute atomic E-state index is 0. The number of hydrogen-bond donors (Lipinski definition) is 2. The lowest BCUT2D eigenvalue weighted by Crippen LogP contribution is -2.44. The number of fused-ring (bicyclic) bond motifs is 1. The molecule has 2 aliphatic rings. The summed E-state index contributed by atoms with van der Waals surface area (Å²) in [5, 5.41) is 15.5. The van der Waals surface area contributed by atoms with Crippen molar-refractivity contribution in [2.45, 2.75) is 38.4 Å². The second kappa shape index (κ2) is 9.44. The average Bonchev–Trinajstić information content (AvgIpc) is 3.43. The number of para-hydroxylation sites is 2. The maximum Gasteiger partial charge on any atom is 0.191 e. The first-order chi connectivity index (χ1) is 13.3. The highest BCUT2D eigenvalue weighted by Crippen LogP contribution is 2.30. The predicted octanol–water partition coefficient (Wildman–Crippen LogP) is 1.79. The van der Waals surface area contributed by atoms with Crippen LogP contribution < -0.4 is 20.3 Å². The largest absolute Gasteiger partial charge is 0.495 e. The van der Waals surface area contributed by atoms with Crippen molar-refractivity contribution in [2.24, 2.45) is 4.99 Å². The first kappa shape index (κ1) is 20.7. The van der Waals surface area contributed by atoms with Gasteiger partial charge in [-0.05, 0) is 25.0 Å². The van der Waals surface area contributed by atoms with E-state index in [0.717, 1.165) is 67.9 Å². The van der Waals surface area contributed by atoms with Crippen LogP contribution in [0.2, 0.25) is 0 Å². The number of nitrogens with zero attached hydrogens (tertiary/aromatic N) is 5. The molecule has 1 aromatic carbocycles. The molecule has 0 aliphatic carbocycles. The van der Waals surface area contributed by atoms with Gasteiger partial charge in [-0.1, -0.05) is 12.1 Å². The normalized spacial score (nSPS) is 18.6. The second-order valence-corrected chi connectivity index (χ2v) is 6.96. The molecule has 0 saturated carbocycles. The number of nitrogens with one attached hydrogen (secondary N) is 2. The van der Waals surface area contributed by atoms with Gasteiger partial charge in [0.15, 0.2) is 11.8 Å². The van der Waals surface area contributed by atoms with E-state index >= 15 is 0 Å². The van der Waals surface area contributed by atoms with E-state index in [-0.39, 0.29) is 24.0 Å². The molecule has 1 fully saturated rings. The highest BCUT2D eigenvalue weighted by atomic mass is 127. The number of aryl methyl sites for hydroxylation is 1. The van der Waals surface area contributed by atoms with Crippen LogP contribution >= 0.6 is 24.0 Å². The number of guanidine groups is 1. The Kier molecular flexibility index (Phi) is 6.97. The number of methoxy groups -OCH3 is 1. The fraction of sp³-hybridized carbons (Fsp3) is 0.526. The van der Waals surface area contributed by atoms with E-state index in [0.29, 0.717) is 12.6 Å². The van der Waals surface area contributed by atoms with Gasteiger partial charge in [0.05, 0.1) is 19.3 Å². The highest BCUT2D eigenvalue weighted by molar-refractivity contribution is 14.0. The van der Waals surface area contributed by atoms with Crippen molar-refractivity contribution in [2.75, 3.05) is 32.1 Å². The van der Waals surface area contributed by atoms with Gasteiger partial charge in [0.2, 0.25) is 0 Å². The molecular weight excluding hydrogens is 469 g/mol. The Morgan fingerprint density at radius 3 is 2.96 bits per heavy atom. The monoisotopic (exact) mass is 497 g/mol. The van der Waals surface area contributed by atoms with Crippen LogP contribution in [0.5, 0.6) is 5.75 Å². The van der Waals surface area contributed by atoms with Gasteiger partial charge in [-0.25, -0.2) is 0 Å². The Labute approximate surface area is 182 Å². The Bertz CT molecular complexity index is 822. The molecule has 1 aromatic heterocycles. The SMILES string of the molecule is CN=C(NCc1nnc2n1CCC2)NC1CCN(c2ccccc2OC)C1.I. The molecule has 2 aromatic rings. The molecule has 0 amide bonds. The number of rotatable bonds is 5. The van der Waals surface area contributed by atoms with Crippen LogP contribution in [0, 0.1) is 0 Å². The molecule has 0 bridgehead atoms. The van der Waals surface area contributed by atoms with Crippen molar-refractivity contribution in [3.05, 3.63) is 35.9 Å². The van der Waals surface area contributed by atoms with Crippen molar-refractivity contribution in [3.8, 4) is 5.75 Å². The Morgan fingerprint density at radius 1 is 1.29 bits per heavy atom. The summed E-state index contributed by atoms with van der Waals surface area (Å²) >= 11 is 0. The third kappa shape index (κ3) is 4.34. The zero-order valence-electron chi connectivity index (χ0n) is 16.4. The summed E-state index contributed by atoms with van der Waals surface area (Å²) in [7, 11) is 3.52. The summed E-state index contributed by atoms with van der Waals surface area (Å²) in [6, 6.07) is 8.51. The summed E-state index contributed by atoms with van der Waals surface area (Å²) in [5.74, 6) is 3.80. The fourth-order valence-corrected chi connectivity index (χ4v) is 3.88. The van der Waals surface area contributed by atoms with Gasteiger partial charge in [-0.3, -0.25) is 4.99 Å². The van der Waals surface area contributed by atoms with Crippen LogP contribution in [-0.4, -0.2) is 54.0 Å². The second-order valence-electron chi connectivity index (χ2n) is 6.96. The summed E-state index contributed by atoms with van der Waals surface area (Å²) < 4.78 is 7.71. The van der Waals surface area contributed by atoms with Gasteiger partial charge < -0.3 is 24.8 Å². The van der Waals surface area contributed by atoms with Gasteiger partial charge in [0.1, 0.15) is 11.6 Å². The first-order valence-electron chi connectivity index (χ1n) is 9.54. The van der Waals surface area contributed by atoms with Crippen molar-refractivity contribution in [1.29, 1.82) is 0 Å².